The van der Waals surface area contributed by atoms with Crippen molar-refractivity contribution >= 4 is 23.2 Å². The number of nitrogens with zero attached hydrogens (tertiary/aromatic N) is 2. The molecule has 0 N–H and O–H groups in total. The Morgan fingerprint density at radius 2 is 2.00 bits per heavy atom. The number of ether oxygens (including phenoxy) is 1. The minimum Gasteiger partial charge on any atom is -0.473 e. The number of hydrogen-bond acceptors (Lipinski definition) is 3. The van der Waals surface area contributed by atoms with Gasteiger partial charge in [0.15, 0.2) is 0 Å². The minimum absolute atomic E-state index is 0.402. The van der Waals surface area contributed by atoms with Gasteiger partial charge in [0.1, 0.15) is 17.6 Å². The maximum atomic E-state index is 5.94. The third-order valence-corrected chi connectivity index (χ3v) is 2.90. The molecule has 2 rings (SSSR count). The standard InChI is InChI=1S/C14H14Cl2N2O/c1-2-4-13-17-12(16)8-14(18-13)19-9-10-5-3-6-11(15)7-10/h3,5-8H,2,4,9H2,1H3. The van der Waals surface area contributed by atoms with Gasteiger partial charge in [0.25, 0.3) is 0 Å². The van der Waals surface area contributed by atoms with E-state index in [-0.39, 0.29) is 0 Å². The van der Waals surface area contributed by atoms with E-state index in [9.17, 15) is 0 Å². The van der Waals surface area contributed by atoms with Crippen LogP contribution in [0.1, 0.15) is 24.7 Å². The highest BCUT2D eigenvalue weighted by Crippen LogP contribution is 2.17. The molecule has 0 spiro atoms. The topological polar surface area (TPSA) is 35.0 Å². The Kier molecular flexibility index (Phi) is 5.00. The quantitative estimate of drug-likeness (QED) is 0.771. The summed E-state index contributed by atoms with van der Waals surface area (Å²) in [5, 5.41) is 1.09. The molecular formula is C14H14Cl2N2O. The predicted octanol–water partition coefficient (Wildman–Crippen LogP) is 4.31. The molecule has 0 fully saturated rings. The van der Waals surface area contributed by atoms with E-state index in [0.717, 1.165) is 18.4 Å². The first-order chi connectivity index (χ1) is 9.17. The number of halogens is 2. The van der Waals surface area contributed by atoms with E-state index in [2.05, 4.69) is 16.9 Å². The van der Waals surface area contributed by atoms with E-state index in [1.807, 2.05) is 24.3 Å². The number of aromatic nitrogens is 2. The van der Waals surface area contributed by atoms with Crippen molar-refractivity contribution in [2.75, 3.05) is 0 Å². The summed E-state index contributed by atoms with van der Waals surface area (Å²) < 4.78 is 5.62. The van der Waals surface area contributed by atoms with Crippen LogP contribution in [-0.2, 0) is 13.0 Å². The van der Waals surface area contributed by atoms with Gasteiger partial charge in [-0.25, -0.2) is 4.98 Å². The Morgan fingerprint density at radius 3 is 2.74 bits per heavy atom. The second-order valence-corrected chi connectivity index (χ2v) is 4.94. The van der Waals surface area contributed by atoms with E-state index < -0.39 is 0 Å². The van der Waals surface area contributed by atoms with Gasteiger partial charge in [-0.05, 0) is 24.1 Å². The zero-order valence-corrected chi connectivity index (χ0v) is 12.1. The first-order valence-electron chi connectivity index (χ1n) is 6.08. The third kappa shape index (κ3) is 4.37. The van der Waals surface area contributed by atoms with Gasteiger partial charge in [-0.3, -0.25) is 0 Å². The SMILES string of the molecule is CCCc1nc(Cl)cc(OCc2cccc(Cl)c2)n1. The lowest BCUT2D eigenvalue weighted by Crippen LogP contribution is -2.01. The molecule has 0 saturated heterocycles. The molecule has 1 aromatic heterocycles. The number of rotatable bonds is 5. The van der Waals surface area contributed by atoms with Crippen molar-refractivity contribution in [3.63, 3.8) is 0 Å². The molecule has 0 atom stereocenters. The van der Waals surface area contributed by atoms with Crippen LogP contribution < -0.4 is 4.74 Å². The number of benzene rings is 1. The molecule has 1 aromatic carbocycles. The van der Waals surface area contributed by atoms with Crippen LogP contribution in [0.15, 0.2) is 30.3 Å². The summed E-state index contributed by atoms with van der Waals surface area (Å²) in [6, 6.07) is 9.13. The van der Waals surface area contributed by atoms with Crippen LogP contribution in [0.3, 0.4) is 0 Å². The van der Waals surface area contributed by atoms with Gasteiger partial charge in [0, 0.05) is 17.5 Å². The van der Waals surface area contributed by atoms with Crippen molar-refractivity contribution in [1.82, 2.24) is 9.97 Å². The second-order valence-electron chi connectivity index (χ2n) is 4.11. The Bertz CT molecular complexity index is 561. The van der Waals surface area contributed by atoms with Crippen LogP contribution in [-0.4, -0.2) is 9.97 Å². The maximum Gasteiger partial charge on any atom is 0.218 e. The molecular weight excluding hydrogens is 283 g/mol. The molecule has 3 nitrogen and oxygen atoms in total. The highest BCUT2D eigenvalue weighted by Gasteiger charge is 2.04. The van der Waals surface area contributed by atoms with Crippen LogP contribution in [0, 0.1) is 0 Å². The highest BCUT2D eigenvalue weighted by molar-refractivity contribution is 6.30. The predicted molar refractivity (Wildman–Crippen MR) is 76.8 cm³/mol. The molecule has 19 heavy (non-hydrogen) atoms. The lowest BCUT2D eigenvalue weighted by molar-refractivity contribution is 0.292. The van der Waals surface area contributed by atoms with E-state index in [0.29, 0.717) is 28.5 Å². The van der Waals surface area contributed by atoms with E-state index in [4.69, 9.17) is 27.9 Å². The fourth-order valence-corrected chi connectivity index (χ4v) is 2.04. The molecule has 0 aliphatic carbocycles. The molecule has 0 saturated carbocycles. The molecule has 0 bridgehead atoms. The van der Waals surface area contributed by atoms with Gasteiger partial charge in [-0.2, -0.15) is 4.98 Å². The summed E-state index contributed by atoms with van der Waals surface area (Å²) in [5.74, 6) is 1.19. The van der Waals surface area contributed by atoms with Gasteiger partial charge >= 0.3 is 0 Å². The Labute approximate surface area is 122 Å². The lowest BCUT2D eigenvalue weighted by atomic mass is 10.2. The molecule has 0 radical (unpaired) electrons. The summed E-state index contributed by atoms with van der Waals surface area (Å²) >= 11 is 11.9. The largest absolute Gasteiger partial charge is 0.473 e. The average Bonchev–Trinajstić information content (AvgIpc) is 2.36. The maximum absolute atomic E-state index is 5.94. The molecule has 0 unspecified atom stereocenters. The van der Waals surface area contributed by atoms with Crippen molar-refractivity contribution in [1.29, 1.82) is 0 Å². The van der Waals surface area contributed by atoms with E-state index >= 15 is 0 Å². The Morgan fingerprint density at radius 1 is 1.16 bits per heavy atom. The fourth-order valence-electron chi connectivity index (χ4n) is 1.64. The summed E-state index contributed by atoms with van der Waals surface area (Å²) in [7, 11) is 0. The summed E-state index contributed by atoms with van der Waals surface area (Å²) in [6.45, 7) is 2.47. The van der Waals surface area contributed by atoms with Crippen molar-refractivity contribution in [3.8, 4) is 5.88 Å². The zero-order chi connectivity index (χ0) is 13.7. The van der Waals surface area contributed by atoms with Crippen molar-refractivity contribution in [2.24, 2.45) is 0 Å². The third-order valence-electron chi connectivity index (χ3n) is 2.47. The number of aryl methyl sites for hydroxylation is 1. The normalized spacial score (nSPS) is 10.5. The first-order valence-corrected chi connectivity index (χ1v) is 6.83. The Balaban J connectivity index is 2.06. The van der Waals surface area contributed by atoms with Crippen molar-refractivity contribution < 1.29 is 4.74 Å². The average molecular weight is 297 g/mol. The van der Waals surface area contributed by atoms with Crippen LogP contribution >= 0.6 is 23.2 Å². The summed E-state index contributed by atoms with van der Waals surface area (Å²) in [6.07, 6.45) is 1.75. The molecule has 0 amide bonds. The molecule has 2 aromatic rings. The highest BCUT2D eigenvalue weighted by atomic mass is 35.5. The van der Waals surface area contributed by atoms with E-state index in [1.165, 1.54) is 0 Å². The first kappa shape index (κ1) is 14.1. The fraction of sp³-hybridized carbons (Fsp3) is 0.286. The minimum atomic E-state index is 0.402. The second kappa shape index (κ2) is 6.73. The monoisotopic (exact) mass is 296 g/mol. The molecule has 100 valence electrons. The van der Waals surface area contributed by atoms with Crippen LogP contribution in [0.2, 0.25) is 10.2 Å². The van der Waals surface area contributed by atoms with Gasteiger partial charge in [-0.15, -0.1) is 0 Å². The molecule has 0 aliphatic heterocycles. The van der Waals surface area contributed by atoms with Gasteiger partial charge in [-0.1, -0.05) is 42.3 Å². The summed E-state index contributed by atoms with van der Waals surface area (Å²) in [4.78, 5) is 8.46. The molecule has 5 heteroatoms. The van der Waals surface area contributed by atoms with Gasteiger partial charge in [0.05, 0.1) is 0 Å². The number of hydrogen-bond donors (Lipinski definition) is 0. The van der Waals surface area contributed by atoms with E-state index in [1.54, 1.807) is 6.07 Å². The molecule has 1 heterocycles. The molecule has 0 aliphatic rings. The summed E-state index contributed by atoms with van der Waals surface area (Å²) in [5.41, 5.74) is 0.985. The van der Waals surface area contributed by atoms with Crippen LogP contribution in [0.4, 0.5) is 0 Å². The van der Waals surface area contributed by atoms with Crippen molar-refractivity contribution in [3.05, 3.63) is 51.9 Å². The van der Waals surface area contributed by atoms with Gasteiger partial charge < -0.3 is 4.74 Å². The van der Waals surface area contributed by atoms with Crippen molar-refractivity contribution in [2.45, 2.75) is 26.4 Å². The van der Waals surface area contributed by atoms with Gasteiger partial charge in [0.2, 0.25) is 5.88 Å². The Hall–Kier alpha value is -1.32. The van der Waals surface area contributed by atoms with Crippen LogP contribution in [0.5, 0.6) is 5.88 Å². The lowest BCUT2D eigenvalue weighted by Gasteiger charge is -2.07. The van der Waals surface area contributed by atoms with Crippen LogP contribution in [0.25, 0.3) is 0 Å². The zero-order valence-electron chi connectivity index (χ0n) is 10.6. The smallest absolute Gasteiger partial charge is 0.218 e.